The van der Waals surface area contributed by atoms with Crippen LogP contribution in [0, 0.1) is 12.7 Å². The molecule has 3 aromatic carbocycles. The standard InChI is InChI=1S/C34H41FN4O/c1-7-28(30-16-12-11-13-24(30)2)22-31(38-33(40)34(4,5)36)32(37-6)39(23-27-17-19-29(35)20-18-27)25(3)21-26-14-9-8-10-15-26/h7-20,31H,3,21-23,36H2,1-2,4-6H3,(H,38,40)/b28-7-,37-32?/t31-/m1/s1. The van der Waals surface area contributed by atoms with Gasteiger partial charge in [-0.25, -0.2) is 4.39 Å². The van der Waals surface area contributed by atoms with E-state index in [0.717, 1.165) is 33.5 Å². The van der Waals surface area contributed by atoms with Crippen LogP contribution in [0.1, 0.15) is 49.4 Å². The highest BCUT2D eigenvalue weighted by Gasteiger charge is 2.31. The quantitative estimate of drug-likeness (QED) is 0.217. The van der Waals surface area contributed by atoms with Gasteiger partial charge < -0.3 is 16.0 Å². The SMILES string of the molecule is C=C(Cc1ccccc1)N(Cc1ccc(F)cc1)C(=NC)[C@@H](C/C(=C/C)c1ccccc1C)NC(=O)C(C)(C)N. The summed E-state index contributed by atoms with van der Waals surface area (Å²) < 4.78 is 13.7. The number of amidine groups is 1. The van der Waals surface area contributed by atoms with E-state index >= 15 is 0 Å². The van der Waals surface area contributed by atoms with Gasteiger partial charge in [-0.15, -0.1) is 0 Å². The molecule has 0 spiro atoms. The number of amides is 1. The molecule has 0 aliphatic rings. The number of carbonyl (C=O) groups is 1. The maximum atomic E-state index is 13.7. The molecule has 3 rings (SSSR count). The van der Waals surface area contributed by atoms with Crippen molar-refractivity contribution >= 4 is 17.3 Å². The molecule has 0 aliphatic carbocycles. The van der Waals surface area contributed by atoms with E-state index in [9.17, 15) is 9.18 Å². The highest BCUT2D eigenvalue weighted by atomic mass is 19.1. The van der Waals surface area contributed by atoms with Gasteiger partial charge in [0.25, 0.3) is 0 Å². The lowest BCUT2D eigenvalue weighted by Gasteiger charge is -2.35. The lowest BCUT2D eigenvalue weighted by Crippen LogP contribution is -2.56. The Kier molecular flexibility index (Phi) is 10.6. The molecule has 0 saturated carbocycles. The van der Waals surface area contributed by atoms with Gasteiger partial charge in [-0.3, -0.25) is 9.79 Å². The van der Waals surface area contributed by atoms with Crippen LogP contribution < -0.4 is 11.1 Å². The second-order valence-electron chi connectivity index (χ2n) is 10.6. The third-order valence-corrected chi connectivity index (χ3v) is 6.86. The molecule has 5 nitrogen and oxygen atoms in total. The van der Waals surface area contributed by atoms with E-state index in [4.69, 9.17) is 10.7 Å². The van der Waals surface area contributed by atoms with Gasteiger partial charge in [-0.05, 0) is 67.7 Å². The van der Waals surface area contributed by atoms with Gasteiger partial charge in [0.05, 0.1) is 11.6 Å². The highest BCUT2D eigenvalue weighted by molar-refractivity contribution is 5.96. The van der Waals surface area contributed by atoms with Crippen molar-refractivity contribution in [3.63, 3.8) is 0 Å². The van der Waals surface area contributed by atoms with Crippen molar-refractivity contribution in [2.24, 2.45) is 10.7 Å². The second kappa shape index (κ2) is 13.9. The van der Waals surface area contributed by atoms with Gasteiger partial charge in [0, 0.05) is 32.1 Å². The van der Waals surface area contributed by atoms with Crippen LogP contribution in [0.25, 0.3) is 5.57 Å². The second-order valence-corrected chi connectivity index (χ2v) is 10.6. The number of allylic oxidation sites excluding steroid dienone is 2. The van der Waals surface area contributed by atoms with E-state index in [1.54, 1.807) is 33.0 Å². The van der Waals surface area contributed by atoms with Crippen molar-refractivity contribution < 1.29 is 9.18 Å². The molecule has 3 aromatic rings. The van der Waals surface area contributed by atoms with Crippen LogP contribution in [-0.2, 0) is 17.8 Å². The molecule has 0 aromatic heterocycles. The number of aliphatic imine (C=N–C) groups is 1. The Bertz CT molecular complexity index is 1350. The maximum absolute atomic E-state index is 13.7. The first-order valence-electron chi connectivity index (χ1n) is 13.5. The lowest BCUT2D eigenvalue weighted by atomic mass is 9.93. The molecule has 6 heteroatoms. The molecule has 0 saturated heterocycles. The minimum absolute atomic E-state index is 0.283. The number of benzene rings is 3. The average molecular weight is 541 g/mol. The summed E-state index contributed by atoms with van der Waals surface area (Å²) in [4.78, 5) is 20.0. The molecule has 0 heterocycles. The molecule has 1 atom stereocenters. The molecule has 0 unspecified atom stereocenters. The zero-order valence-electron chi connectivity index (χ0n) is 24.2. The number of rotatable bonds is 11. The summed E-state index contributed by atoms with van der Waals surface area (Å²) in [5.41, 5.74) is 11.3. The Morgan fingerprint density at radius 3 is 2.25 bits per heavy atom. The molecule has 0 bridgehead atoms. The minimum Gasteiger partial charge on any atom is -0.344 e. The number of nitrogens with one attached hydrogen (secondary N) is 1. The van der Waals surface area contributed by atoms with E-state index in [1.165, 1.54) is 12.1 Å². The summed E-state index contributed by atoms with van der Waals surface area (Å²) in [5.74, 6) is 0.0687. The Hall–Kier alpha value is -4.03. The van der Waals surface area contributed by atoms with Gasteiger partial charge in [-0.1, -0.05) is 79.4 Å². The van der Waals surface area contributed by atoms with E-state index in [0.29, 0.717) is 25.2 Å². The molecular formula is C34H41FN4O. The fraction of sp³-hybridized carbons (Fsp3) is 0.294. The molecule has 40 heavy (non-hydrogen) atoms. The Labute approximate surface area is 238 Å². The third-order valence-electron chi connectivity index (χ3n) is 6.86. The average Bonchev–Trinajstić information content (AvgIpc) is 2.92. The number of hydrogen-bond donors (Lipinski definition) is 2. The van der Waals surface area contributed by atoms with Gasteiger partial charge in [0.1, 0.15) is 11.7 Å². The van der Waals surface area contributed by atoms with Gasteiger partial charge in [0.15, 0.2) is 0 Å². The number of nitrogens with two attached hydrogens (primary N) is 1. The van der Waals surface area contributed by atoms with Crippen molar-refractivity contribution in [1.82, 2.24) is 10.2 Å². The Morgan fingerprint density at radius 1 is 1.05 bits per heavy atom. The van der Waals surface area contributed by atoms with Crippen LogP contribution in [0.15, 0.2) is 102 Å². The van der Waals surface area contributed by atoms with Crippen molar-refractivity contribution in [1.29, 1.82) is 0 Å². The molecule has 3 N–H and O–H groups in total. The number of carbonyl (C=O) groups excluding carboxylic acids is 1. The largest absolute Gasteiger partial charge is 0.344 e. The monoisotopic (exact) mass is 540 g/mol. The van der Waals surface area contributed by atoms with Crippen LogP contribution in [0.5, 0.6) is 0 Å². The number of hydrogen-bond acceptors (Lipinski definition) is 3. The summed E-state index contributed by atoms with van der Waals surface area (Å²) in [7, 11) is 1.72. The van der Waals surface area contributed by atoms with Gasteiger partial charge >= 0.3 is 0 Å². The molecule has 0 aliphatic heterocycles. The van der Waals surface area contributed by atoms with Crippen LogP contribution >= 0.6 is 0 Å². The van der Waals surface area contributed by atoms with Crippen molar-refractivity contribution in [2.45, 2.75) is 58.7 Å². The van der Waals surface area contributed by atoms with Crippen LogP contribution in [0.2, 0.25) is 0 Å². The van der Waals surface area contributed by atoms with E-state index in [2.05, 4.69) is 49.2 Å². The predicted octanol–water partition coefficient (Wildman–Crippen LogP) is 6.44. The normalized spacial score (nSPS) is 13.1. The molecular weight excluding hydrogens is 499 g/mol. The zero-order chi connectivity index (χ0) is 29.3. The van der Waals surface area contributed by atoms with Crippen LogP contribution in [0.4, 0.5) is 4.39 Å². The van der Waals surface area contributed by atoms with E-state index < -0.39 is 11.6 Å². The maximum Gasteiger partial charge on any atom is 0.240 e. The fourth-order valence-corrected chi connectivity index (χ4v) is 4.61. The fourth-order valence-electron chi connectivity index (χ4n) is 4.61. The summed E-state index contributed by atoms with van der Waals surface area (Å²) in [6.07, 6.45) is 3.15. The molecule has 0 radical (unpaired) electrons. The van der Waals surface area contributed by atoms with E-state index in [-0.39, 0.29) is 11.7 Å². The number of halogens is 1. The lowest BCUT2D eigenvalue weighted by molar-refractivity contribution is -0.125. The van der Waals surface area contributed by atoms with Crippen LogP contribution in [0.3, 0.4) is 0 Å². The van der Waals surface area contributed by atoms with E-state index in [1.807, 2.05) is 42.2 Å². The minimum atomic E-state index is -1.08. The Balaban J connectivity index is 2.06. The summed E-state index contributed by atoms with van der Waals surface area (Å²) >= 11 is 0. The van der Waals surface area contributed by atoms with Gasteiger partial charge in [0.2, 0.25) is 5.91 Å². The number of nitrogens with zero attached hydrogens (tertiary/aromatic N) is 2. The summed E-state index contributed by atoms with van der Waals surface area (Å²) in [6.45, 7) is 12.3. The first-order valence-corrected chi connectivity index (χ1v) is 13.5. The first-order chi connectivity index (χ1) is 19.0. The van der Waals surface area contributed by atoms with Crippen LogP contribution in [-0.4, -0.2) is 35.3 Å². The third kappa shape index (κ3) is 8.23. The van der Waals surface area contributed by atoms with Gasteiger partial charge in [-0.2, -0.15) is 0 Å². The molecule has 0 fully saturated rings. The smallest absolute Gasteiger partial charge is 0.240 e. The van der Waals surface area contributed by atoms with Crippen molar-refractivity contribution in [3.8, 4) is 0 Å². The Morgan fingerprint density at radius 2 is 1.68 bits per heavy atom. The molecule has 1 amide bonds. The van der Waals surface area contributed by atoms with Crippen molar-refractivity contribution in [2.75, 3.05) is 7.05 Å². The zero-order valence-corrected chi connectivity index (χ0v) is 24.2. The predicted molar refractivity (Wildman–Crippen MR) is 164 cm³/mol. The summed E-state index contributed by atoms with van der Waals surface area (Å²) in [6, 6.07) is 24.2. The number of aryl methyl sites for hydroxylation is 1. The first kappa shape index (κ1) is 30.5. The summed E-state index contributed by atoms with van der Waals surface area (Å²) in [5, 5.41) is 3.18. The topological polar surface area (TPSA) is 70.7 Å². The van der Waals surface area contributed by atoms with Crippen molar-refractivity contribution in [3.05, 3.63) is 125 Å². The highest BCUT2D eigenvalue weighted by Crippen LogP contribution is 2.26. The molecule has 210 valence electrons.